The number of carbonyl (C=O) groups is 1. The Bertz CT molecular complexity index is 160. The summed E-state index contributed by atoms with van der Waals surface area (Å²) in [6.07, 6.45) is 1.01. The topological polar surface area (TPSA) is 50.4 Å². The first-order chi connectivity index (χ1) is 6.56. The largest absolute Gasteiger partial charge is 0.383 e. The van der Waals surface area contributed by atoms with Crippen molar-refractivity contribution in [1.29, 1.82) is 0 Å². The van der Waals surface area contributed by atoms with Crippen LogP contribution < -0.4 is 10.6 Å². The minimum Gasteiger partial charge on any atom is -0.383 e. The molecule has 0 rings (SSSR count). The molecule has 0 heterocycles. The van der Waals surface area contributed by atoms with Crippen molar-refractivity contribution < 1.29 is 9.53 Å². The molecule has 0 aliphatic heterocycles. The quantitative estimate of drug-likeness (QED) is 0.683. The Morgan fingerprint density at radius 1 is 1.36 bits per heavy atom. The molecule has 0 aliphatic rings. The lowest BCUT2D eigenvalue weighted by atomic mass is 10.1. The second kappa shape index (κ2) is 7.62. The summed E-state index contributed by atoms with van der Waals surface area (Å²) in [5, 5.41) is 5.58. The van der Waals surface area contributed by atoms with Crippen molar-refractivity contribution in [2.75, 3.05) is 20.3 Å². The second-order valence-corrected chi connectivity index (χ2v) is 3.94. The maximum atomic E-state index is 11.2. The fourth-order valence-electron chi connectivity index (χ4n) is 1.04. The van der Waals surface area contributed by atoms with Gasteiger partial charge in [-0.25, -0.2) is 4.79 Å². The highest BCUT2D eigenvalue weighted by molar-refractivity contribution is 5.74. The molecule has 1 unspecified atom stereocenters. The van der Waals surface area contributed by atoms with Gasteiger partial charge in [0.05, 0.1) is 12.6 Å². The van der Waals surface area contributed by atoms with Gasteiger partial charge in [-0.15, -0.1) is 0 Å². The Balaban J connectivity index is 3.45. The van der Waals surface area contributed by atoms with Gasteiger partial charge in [0.15, 0.2) is 0 Å². The number of amides is 2. The van der Waals surface area contributed by atoms with Crippen LogP contribution in [0.3, 0.4) is 0 Å². The van der Waals surface area contributed by atoms with E-state index in [1.165, 1.54) is 0 Å². The molecule has 84 valence electrons. The zero-order chi connectivity index (χ0) is 11.0. The standard InChI is InChI=1S/C10H22N2O2/c1-8(2)5-6-11-10(13)12-9(3)7-14-4/h8-9H,5-7H2,1-4H3,(H2,11,12,13). The molecule has 0 bridgehead atoms. The van der Waals surface area contributed by atoms with E-state index in [9.17, 15) is 4.79 Å². The monoisotopic (exact) mass is 202 g/mol. The third kappa shape index (κ3) is 7.86. The normalized spacial score (nSPS) is 12.6. The number of carbonyl (C=O) groups excluding carboxylic acids is 1. The zero-order valence-electron chi connectivity index (χ0n) is 9.59. The van der Waals surface area contributed by atoms with Crippen LogP contribution in [-0.2, 0) is 4.74 Å². The maximum absolute atomic E-state index is 11.2. The number of rotatable bonds is 6. The Labute approximate surface area is 86.4 Å². The number of ether oxygens (including phenoxy) is 1. The van der Waals surface area contributed by atoms with E-state index in [1.807, 2.05) is 6.92 Å². The van der Waals surface area contributed by atoms with E-state index in [0.29, 0.717) is 12.5 Å². The van der Waals surface area contributed by atoms with Crippen molar-refractivity contribution >= 4 is 6.03 Å². The van der Waals surface area contributed by atoms with Gasteiger partial charge in [-0.2, -0.15) is 0 Å². The van der Waals surface area contributed by atoms with Crippen LogP contribution in [0.2, 0.25) is 0 Å². The Morgan fingerprint density at radius 3 is 2.50 bits per heavy atom. The van der Waals surface area contributed by atoms with Gasteiger partial charge < -0.3 is 15.4 Å². The van der Waals surface area contributed by atoms with Crippen LogP contribution in [-0.4, -0.2) is 32.3 Å². The highest BCUT2D eigenvalue weighted by atomic mass is 16.5. The first kappa shape index (κ1) is 13.2. The van der Waals surface area contributed by atoms with E-state index in [4.69, 9.17) is 4.74 Å². The highest BCUT2D eigenvalue weighted by Gasteiger charge is 2.05. The van der Waals surface area contributed by atoms with E-state index >= 15 is 0 Å². The minimum atomic E-state index is -0.116. The average Bonchev–Trinajstić information content (AvgIpc) is 2.03. The molecule has 0 radical (unpaired) electrons. The van der Waals surface area contributed by atoms with Crippen LogP contribution in [0.15, 0.2) is 0 Å². The van der Waals surface area contributed by atoms with Crippen molar-refractivity contribution in [2.45, 2.75) is 33.2 Å². The second-order valence-electron chi connectivity index (χ2n) is 3.94. The molecule has 1 atom stereocenters. The van der Waals surface area contributed by atoms with Crippen molar-refractivity contribution in [2.24, 2.45) is 5.92 Å². The lowest BCUT2D eigenvalue weighted by Gasteiger charge is -2.13. The van der Waals surface area contributed by atoms with E-state index in [2.05, 4.69) is 24.5 Å². The minimum absolute atomic E-state index is 0.0547. The molecular weight excluding hydrogens is 180 g/mol. The summed E-state index contributed by atoms with van der Waals surface area (Å²) in [4.78, 5) is 11.2. The summed E-state index contributed by atoms with van der Waals surface area (Å²) in [5.74, 6) is 0.617. The molecule has 0 aromatic carbocycles. The summed E-state index contributed by atoms with van der Waals surface area (Å²) < 4.78 is 4.90. The van der Waals surface area contributed by atoms with Crippen LogP contribution in [0.5, 0.6) is 0 Å². The third-order valence-corrected chi connectivity index (χ3v) is 1.80. The van der Waals surface area contributed by atoms with Crippen LogP contribution in [0.4, 0.5) is 4.79 Å². The number of methoxy groups -OCH3 is 1. The summed E-state index contributed by atoms with van der Waals surface area (Å²) in [6, 6.07) is -0.0609. The van der Waals surface area contributed by atoms with Gasteiger partial charge in [-0.1, -0.05) is 13.8 Å². The number of nitrogens with one attached hydrogen (secondary N) is 2. The third-order valence-electron chi connectivity index (χ3n) is 1.80. The lowest BCUT2D eigenvalue weighted by molar-refractivity contribution is 0.171. The van der Waals surface area contributed by atoms with Gasteiger partial charge >= 0.3 is 6.03 Å². The van der Waals surface area contributed by atoms with Gasteiger partial charge in [-0.3, -0.25) is 0 Å². The number of hydrogen-bond acceptors (Lipinski definition) is 2. The van der Waals surface area contributed by atoms with Crippen LogP contribution in [0.1, 0.15) is 27.2 Å². The molecule has 2 amide bonds. The Morgan fingerprint density at radius 2 is 2.00 bits per heavy atom. The van der Waals surface area contributed by atoms with Gasteiger partial charge in [0.2, 0.25) is 0 Å². The molecule has 0 saturated carbocycles. The van der Waals surface area contributed by atoms with E-state index in [-0.39, 0.29) is 12.1 Å². The smallest absolute Gasteiger partial charge is 0.315 e. The van der Waals surface area contributed by atoms with Crippen molar-refractivity contribution in [1.82, 2.24) is 10.6 Å². The summed E-state index contributed by atoms with van der Waals surface area (Å²) in [6.45, 7) is 7.44. The first-order valence-corrected chi connectivity index (χ1v) is 5.09. The van der Waals surface area contributed by atoms with E-state index in [1.54, 1.807) is 7.11 Å². The first-order valence-electron chi connectivity index (χ1n) is 5.09. The van der Waals surface area contributed by atoms with Gasteiger partial charge in [0, 0.05) is 13.7 Å². The molecule has 14 heavy (non-hydrogen) atoms. The van der Waals surface area contributed by atoms with Crippen molar-refractivity contribution in [3.63, 3.8) is 0 Å². The highest BCUT2D eigenvalue weighted by Crippen LogP contribution is 1.95. The van der Waals surface area contributed by atoms with Crippen molar-refractivity contribution in [3.05, 3.63) is 0 Å². The molecule has 0 aromatic rings. The Kier molecular flexibility index (Phi) is 7.20. The van der Waals surface area contributed by atoms with Crippen LogP contribution in [0.25, 0.3) is 0 Å². The fraction of sp³-hybridized carbons (Fsp3) is 0.900. The zero-order valence-corrected chi connectivity index (χ0v) is 9.59. The Hall–Kier alpha value is -0.770. The van der Waals surface area contributed by atoms with E-state index in [0.717, 1.165) is 13.0 Å². The van der Waals surface area contributed by atoms with Gasteiger partial charge in [-0.05, 0) is 19.3 Å². The average molecular weight is 202 g/mol. The molecule has 2 N–H and O–H groups in total. The molecule has 0 aliphatic carbocycles. The SMILES string of the molecule is COCC(C)NC(=O)NCCC(C)C. The fourth-order valence-corrected chi connectivity index (χ4v) is 1.04. The maximum Gasteiger partial charge on any atom is 0.315 e. The summed E-state index contributed by atoms with van der Waals surface area (Å²) in [7, 11) is 1.62. The molecule has 0 aromatic heterocycles. The predicted molar refractivity (Wildman–Crippen MR) is 57.3 cm³/mol. The number of urea groups is 1. The summed E-state index contributed by atoms with van der Waals surface area (Å²) in [5.41, 5.74) is 0. The van der Waals surface area contributed by atoms with E-state index < -0.39 is 0 Å². The molecular formula is C10H22N2O2. The van der Waals surface area contributed by atoms with Crippen molar-refractivity contribution in [3.8, 4) is 0 Å². The predicted octanol–water partition coefficient (Wildman–Crippen LogP) is 1.37. The number of hydrogen-bond donors (Lipinski definition) is 2. The molecule has 0 spiro atoms. The summed E-state index contributed by atoms with van der Waals surface area (Å²) >= 11 is 0. The van der Waals surface area contributed by atoms with Gasteiger partial charge in [0.1, 0.15) is 0 Å². The molecule has 0 saturated heterocycles. The van der Waals surface area contributed by atoms with Crippen LogP contribution >= 0.6 is 0 Å². The van der Waals surface area contributed by atoms with Gasteiger partial charge in [0.25, 0.3) is 0 Å². The lowest BCUT2D eigenvalue weighted by Crippen LogP contribution is -2.43. The molecule has 0 fully saturated rings. The molecule has 4 nitrogen and oxygen atoms in total. The van der Waals surface area contributed by atoms with Crippen LogP contribution in [0, 0.1) is 5.92 Å². The molecule has 4 heteroatoms.